The van der Waals surface area contributed by atoms with Crippen LogP contribution >= 0.6 is 24.0 Å². The molecule has 1 aromatic rings. The van der Waals surface area contributed by atoms with Crippen LogP contribution in [0.3, 0.4) is 0 Å². The average Bonchev–Trinajstić information content (AvgIpc) is 2.28. The first kappa shape index (κ1) is 13.0. The van der Waals surface area contributed by atoms with E-state index in [4.69, 9.17) is 17.3 Å². The molecule has 0 amide bonds. The van der Waals surface area contributed by atoms with E-state index in [1.165, 1.54) is 11.8 Å². The number of anilines is 1. The number of para-hydroxylation sites is 1. The lowest BCUT2D eigenvalue weighted by Crippen LogP contribution is -2.25. The zero-order chi connectivity index (χ0) is 12.1. The molecule has 0 aliphatic heterocycles. The maximum absolute atomic E-state index is 10.7. The molecule has 3 nitrogen and oxygen atoms in total. The molecule has 5 heteroatoms. The van der Waals surface area contributed by atoms with Gasteiger partial charge in [-0.3, -0.25) is 4.79 Å². The molecule has 16 heavy (non-hydrogen) atoms. The van der Waals surface area contributed by atoms with Crippen molar-refractivity contribution in [3.05, 3.63) is 30.3 Å². The fourth-order valence-corrected chi connectivity index (χ4v) is 2.24. The number of hydrogen-bond acceptors (Lipinski definition) is 3. The van der Waals surface area contributed by atoms with Gasteiger partial charge in [-0.15, -0.1) is 0 Å². The van der Waals surface area contributed by atoms with Gasteiger partial charge in [-0.05, 0) is 19.1 Å². The number of nitrogens with zero attached hydrogens (tertiary/aromatic N) is 1. The predicted octanol–water partition coefficient (Wildman–Crippen LogP) is 2.61. The van der Waals surface area contributed by atoms with Gasteiger partial charge in [-0.1, -0.05) is 42.2 Å². The standard InChI is InChI=1S/C11H13NO2S2/c1-8(10(13)14)16-11(15)12(2)9-6-4-3-5-7-9/h3-8H,1-2H3,(H,13,14)/t8-/m1/s1. The van der Waals surface area contributed by atoms with Crippen LogP contribution in [-0.2, 0) is 4.79 Å². The molecular weight excluding hydrogens is 242 g/mol. The van der Waals surface area contributed by atoms with E-state index in [9.17, 15) is 4.79 Å². The Balaban J connectivity index is 2.65. The number of carboxylic acid groups (broad SMARTS) is 1. The van der Waals surface area contributed by atoms with E-state index in [-0.39, 0.29) is 0 Å². The molecule has 1 atom stereocenters. The first-order valence-electron chi connectivity index (χ1n) is 4.74. The van der Waals surface area contributed by atoms with Gasteiger partial charge in [0.1, 0.15) is 9.57 Å². The Kier molecular flexibility index (Phi) is 4.76. The van der Waals surface area contributed by atoms with E-state index in [2.05, 4.69) is 0 Å². The van der Waals surface area contributed by atoms with Crippen molar-refractivity contribution < 1.29 is 9.90 Å². The highest BCUT2D eigenvalue weighted by molar-refractivity contribution is 8.24. The third kappa shape index (κ3) is 3.50. The molecular formula is C11H13NO2S2. The third-order valence-electron chi connectivity index (χ3n) is 2.04. The Morgan fingerprint density at radius 2 is 2.00 bits per heavy atom. The normalized spacial score (nSPS) is 11.9. The maximum Gasteiger partial charge on any atom is 0.316 e. The minimum Gasteiger partial charge on any atom is -0.480 e. The van der Waals surface area contributed by atoms with Crippen molar-refractivity contribution in [2.75, 3.05) is 11.9 Å². The fourth-order valence-electron chi connectivity index (χ4n) is 1.04. The lowest BCUT2D eigenvalue weighted by atomic mass is 10.3. The first-order chi connectivity index (χ1) is 7.52. The molecule has 0 saturated carbocycles. The largest absolute Gasteiger partial charge is 0.480 e. The highest BCUT2D eigenvalue weighted by Gasteiger charge is 2.16. The summed E-state index contributed by atoms with van der Waals surface area (Å²) < 4.78 is 0.557. The zero-order valence-electron chi connectivity index (χ0n) is 9.08. The summed E-state index contributed by atoms with van der Waals surface area (Å²) in [5.74, 6) is -0.853. The lowest BCUT2D eigenvalue weighted by Gasteiger charge is -2.20. The second kappa shape index (κ2) is 5.86. The Bertz CT molecular complexity index is 381. The smallest absolute Gasteiger partial charge is 0.316 e. The van der Waals surface area contributed by atoms with Gasteiger partial charge >= 0.3 is 5.97 Å². The fraction of sp³-hybridized carbons (Fsp3) is 0.273. The average molecular weight is 255 g/mol. The van der Waals surface area contributed by atoms with E-state index in [1.54, 1.807) is 11.8 Å². The van der Waals surface area contributed by atoms with Crippen molar-refractivity contribution in [2.45, 2.75) is 12.2 Å². The van der Waals surface area contributed by atoms with Crippen LogP contribution in [0.15, 0.2) is 30.3 Å². The summed E-state index contributed by atoms with van der Waals surface area (Å²) in [6.45, 7) is 1.62. The number of rotatable bonds is 3. The van der Waals surface area contributed by atoms with Crippen LogP contribution in [-0.4, -0.2) is 27.7 Å². The topological polar surface area (TPSA) is 40.5 Å². The SMILES string of the molecule is C[C@@H](SC(=S)N(C)c1ccccc1)C(=O)O. The molecule has 0 saturated heterocycles. The van der Waals surface area contributed by atoms with Crippen LogP contribution in [0.2, 0.25) is 0 Å². The number of carbonyl (C=O) groups is 1. The number of benzene rings is 1. The summed E-state index contributed by atoms with van der Waals surface area (Å²) in [4.78, 5) is 12.5. The van der Waals surface area contributed by atoms with Crippen LogP contribution in [0.1, 0.15) is 6.92 Å². The third-order valence-corrected chi connectivity index (χ3v) is 3.64. The first-order valence-corrected chi connectivity index (χ1v) is 6.03. The maximum atomic E-state index is 10.7. The summed E-state index contributed by atoms with van der Waals surface area (Å²) in [7, 11) is 1.83. The molecule has 0 aromatic heterocycles. The second-order valence-electron chi connectivity index (χ2n) is 3.26. The molecule has 1 aromatic carbocycles. The second-order valence-corrected chi connectivity index (χ2v) is 5.23. The van der Waals surface area contributed by atoms with Gasteiger partial charge in [-0.2, -0.15) is 0 Å². The lowest BCUT2D eigenvalue weighted by molar-refractivity contribution is -0.136. The summed E-state index contributed by atoms with van der Waals surface area (Å²) in [6, 6.07) is 9.61. The number of thiocarbonyl (C=S) groups is 1. The summed E-state index contributed by atoms with van der Waals surface area (Å²) in [5.41, 5.74) is 0.956. The molecule has 0 fully saturated rings. The summed E-state index contributed by atoms with van der Waals surface area (Å²) in [6.07, 6.45) is 0. The van der Waals surface area contributed by atoms with Crippen molar-refractivity contribution in [3.63, 3.8) is 0 Å². The Morgan fingerprint density at radius 3 is 2.50 bits per heavy atom. The summed E-state index contributed by atoms with van der Waals surface area (Å²) in [5, 5.41) is 8.26. The van der Waals surface area contributed by atoms with Crippen molar-refractivity contribution in [3.8, 4) is 0 Å². The highest BCUT2D eigenvalue weighted by Crippen LogP contribution is 2.20. The van der Waals surface area contributed by atoms with E-state index < -0.39 is 11.2 Å². The Morgan fingerprint density at radius 1 is 1.44 bits per heavy atom. The van der Waals surface area contributed by atoms with Gasteiger partial charge in [0.15, 0.2) is 0 Å². The zero-order valence-corrected chi connectivity index (χ0v) is 10.7. The summed E-state index contributed by atoms with van der Waals surface area (Å²) >= 11 is 6.35. The van der Waals surface area contributed by atoms with Crippen LogP contribution in [0.4, 0.5) is 5.69 Å². The van der Waals surface area contributed by atoms with Crippen LogP contribution in [0.25, 0.3) is 0 Å². The van der Waals surface area contributed by atoms with E-state index in [1.807, 2.05) is 37.4 Å². The quantitative estimate of drug-likeness (QED) is 0.841. The van der Waals surface area contributed by atoms with E-state index in [0.717, 1.165) is 5.69 Å². The monoisotopic (exact) mass is 255 g/mol. The number of hydrogen-bond donors (Lipinski definition) is 1. The minimum atomic E-state index is -0.853. The van der Waals surface area contributed by atoms with Crippen LogP contribution in [0.5, 0.6) is 0 Å². The number of thioether (sulfide) groups is 1. The molecule has 0 aliphatic carbocycles. The minimum absolute atomic E-state index is 0.529. The number of carboxylic acids is 1. The van der Waals surface area contributed by atoms with E-state index >= 15 is 0 Å². The van der Waals surface area contributed by atoms with Gasteiger partial charge in [-0.25, -0.2) is 0 Å². The predicted molar refractivity (Wildman–Crippen MR) is 72.1 cm³/mol. The molecule has 0 unspecified atom stereocenters. The van der Waals surface area contributed by atoms with Gasteiger partial charge in [0.25, 0.3) is 0 Å². The molecule has 86 valence electrons. The molecule has 0 bridgehead atoms. The van der Waals surface area contributed by atoms with Gasteiger partial charge < -0.3 is 10.0 Å². The van der Waals surface area contributed by atoms with Gasteiger partial charge in [0.05, 0.1) is 0 Å². The Hall–Kier alpha value is -1.07. The molecule has 1 rings (SSSR count). The molecule has 0 aliphatic rings. The van der Waals surface area contributed by atoms with Crippen LogP contribution in [0, 0.1) is 0 Å². The molecule has 1 N–H and O–H groups in total. The highest BCUT2D eigenvalue weighted by atomic mass is 32.2. The van der Waals surface area contributed by atoms with Crippen molar-refractivity contribution in [2.24, 2.45) is 0 Å². The molecule has 0 radical (unpaired) electrons. The van der Waals surface area contributed by atoms with Gasteiger partial charge in [0, 0.05) is 12.7 Å². The molecule has 0 heterocycles. The Labute approximate surface area is 104 Å². The van der Waals surface area contributed by atoms with Crippen molar-refractivity contribution >= 4 is 40.0 Å². The van der Waals surface area contributed by atoms with Crippen molar-refractivity contribution in [1.82, 2.24) is 0 Å². The van der Waals surface area contributed by atoms with Gasteiger partial charge in [0.2, 0.25) is 0 Å². The van der Waals surface area contributed by atoms with Crippen LogP contribution < -0.4 is 4.90 Å². The number of aliphatic carboxylic acids is 1. The molecule has 0 spiro atoms. The van der Waals surface area contributed by atoms with E-state index in [0.29, 0.717) is 4.32 Å². The van der Waals surface area contributed by atoms with Crippen molar-refractivity contribution in [1.29, 1.82) is 0 Å².